The number of nitrogens with one attached hydrogen (secondary N) is 1. The van der Waals surface area contributed by atoms with Crippen LogP contribution >= 0.6 is 0 Å². The van der Waals surface area contributed by atoms with E-state index in [2.05, 4.69) is 10.3 Å². The SMILES string of the molecule is CC(=O)O.NC1=NCCCCN1. The number of hydrogen-bond acceptors (Lipinski definition) is 4. The molecule has 1 rings (SSSR count). The molecule has 0 atom stereocenters. The Morgan fingerprint density at radius 1 is 1.67 bits per heavy atom. The van der Waals surface area contributed by atoms with Crippen LogP contribution in [0.5, 0.6) is 0 Å². The molecule has 70 valence electrons. The standard InChI is InChI=1S/C5H11N3.C2H4O2/c6-5-7-3-1-2-4-8-5;1-2(3)4/h1-4H2,(H3,6,7,8);1H3,(H,3,4). The number of hydrogen-bond donors (Lipinski definition) is 3. The van der Waals surface area contributed by atoms with Crippen molar-refractivity contribution in [3.63, 3.8) is 0 Å². The highest BCUT2D eigenvalue weighted by Gasteiger charge is 1.95. The Hall–Kier alpha value is -1.26. The number of nitrogens with two attached hydrogens (primary N) is 1. The Balaban J connectivity index is 0.000000261. The van der Waals surface area contributed by atoms with Crippen molar-refractivity contribution in [3.05, 3.63) is 0 Å². The maximum Gasteiger partial charge on any atom is 0.300 e. The monoisotopic (exact) mass is 173 g/mol. The Bertz CT molecular complexity index is 164. The summed E-state index contributed by atoms with van der Waals surface area (Å²) in [6.45, 7) is 2.95. The molecule has 12 heavy (non-hydrogen) atoms. The van der Waals surface area contributed by atoms with Crippen LogP contribution in [-0.4, -0.2) is 30.1 Å². The van der Waals surface area contributed by atoms with E-state index in [4.69, 9.17) is 15.6 Å². The maximum atomic E-state index is 9.00. The number of guanidine groups is 1. The predicted octanol–water partition coefficient (Wildman–Crippen LogP) is -0.225. The topological polar surface area (TPSA) is 87.7 Å². The van der Waals surface area contributed by atoms with E-state index in [-0.39, 0.29) is 0 Å². The van der Waals surface area contributed by atoms with Crippen LogP contribution in [0.15, 0.2) is 4.99 Å². The Kier molecular flexibility index (Phi) is 5.77. The molecule has 1 heterocycles. The van der Waals surface area contributed by atoms with E-state index in [0.717, 1.165) is 26.4 Å². The van der Waals surface area contributed by atoms with E-state index in [9.17, 15) is 0 Å². The highest BCUT2D eigenvalue weighted by molar-refractivity contribution is 5.77. The summed E-state index contributed by atoms with van der Waals surface area (Å²) >= 11 is 0. The molecule has 0 fully saturated rings. The van der Waals surface area contributed by atoms with Gasteiger partial charge in [-0.05, 0) is 12.8 Å². The van der Waals surface area contributed by atoms with Gasteiger partial charge in [-0.1, -0.05) is 0 Å². The van der Waals surface area contributed by atoms with E-state index >= 15 is 0 Å². The zero-order valence-corrected chi connectivity index (χ0v) is 7.21. The first-order valence-electron chi connectivity index (χ1n) is 3.86. The van der Waals surface area contributed by atoms with Gasteiger partial charge >= 0.3 is 0 Å². The van der Waals surface area contributed by atoms with Gasteiger partial charge in [-0.3, -0.25) is 9.79 Å². The summed E-state index contributed by atoms with van der Waals surface area (Å²) in [6, 6.07) is 0. The molecule has 0 saturated heterocycles. The summed E-state index contributed by atoms with van der Waals surface area (Å²) in [5, 5.41) is 10.4. The van der Waals surface area contributed by atoms with Gasteiger partial charge in [-0.2, -0.15) is 0 Å². The maximum absolute atomic E-state index is 9.00. The third-order valence-electron chi connectivity index (χ3n) is 1.17. The van der Waals surface area contributed by atoms with E-state index < -0.39 is 5.97 Å². The molecule has 0 aromatic heterocycles. The number of nitrogens with zero attached hydrogens (tertiary/aromatic N) is 1. The smallest absolute Gasteiger partial charge is 0.300 e. The fourth-order valence-electron chi connectivity index (χ4n) is 0.709. The quantitative estimate of drug-likeness (QED) is 0.472. The van der Waals surface area contributed by atoms with Crippen molar-refractivity contribution in [3.8, 4) is 0 Å². The third kappa shape index (κ3) is 8.74. The first-order chi connectivity index (χ1) is 5.63. The van der Waals surface area contributed by atoms with Gasteiger partial charge in [0.15, 0.2) is 5.96 Å². The zero-order valence-electron chi connectivity index (χ0n) is 7.21. The van der Waals surface area contributed by atoms with E-state index in [0.29, 0.717) is 5.96 Å². The largest absolute Gasteiger partial charge is 0.481 e. The predicted molar refractivity (Wildman–Crippen MR) is 47.0 cm³/mol. The highest BCUT2D eigenvalue weighted by Crippen LogP contribution is 1.90. The number of aliphatic carboxylic acids is 1. The van der Waals surface area contributed by atoms with E-state index in [1.54, 1.807) is 0 Å². The van der Waals surface area contributed by atoms with Gasteiger partial charge in [-0.25, -0.2) is 0 Å². The molecule has 0 bridgehead atoms. The molecule has 4 N–H and O–H groups in total. The van der Waals surface area contributed by atoms with Crippen molar-refractivity contribution in [2.45, 2.75) is 19.8 Å². The van der Waals surface area contributed by atoms with Crippen molar-refractivity contribution in [2.24, 2.45) is 10.7 Å². The van der Waals surface area contributed by atoms with Gasteiger partial charge in [0.1, 0.15) is 0 Å². The molecular formula is C7H15N3O2. The molecule has 0 radical (unpaired) electrons. The lowest BCUT2D eigenvalue weighted by Gasteiger charge is -1.96. The number of carboxylic acid groups (broad SMARTS) is 1. The van der Waals surface area contributed by atoms with Crippen LogP contribution in [0.2, 0.25) is 0 Å². The number of rotatable bonds is 0. The normalized spacial score (nSPS) is 15.9. The minimum Gasteiger partial charge on any atom is -0.481 e. The summed E-state index contributed by atoms with van der Waals surface area (Å²) in [5.74, 6) is -0.234. The van der Waals surface area contributed by atoms with Crippen LogP contribution in [0.25, 0.3) is 0 Å². The van der Waals surface area contributed by atoms with Crippen molar-refractivity contribution in [2.75, 3.05) is 13.1 Å². The summed E-state index contributed by atoms with van der Waals surface area (Å²) in [7, 11) is 0. The second-order valence-corrected chi connectivity index (χ2v) is 2.42. The van der Waals surface area contributed by atoms with Crippen molar-refractivity contribution in [1.82, 2.24) is 5.32 Å². The molecule has 1 aliphatic heterocycles. The molecule has 0 amide bonds. The van der Waals surface area contributed by atoms with Gasteiger partial charge in [-0.15, -0.1) is 0 Å². The van der Waals surface area contributed by atoms with Gasteiger partial charge in [0.05, 0.1) is 0 Å². The Morgan fingerprint density at radius 2 is 2.25 bits per heavy atom. The molecule has 1 aliphatic rings. The highest BCUT2D eigenvalue weighted by atomic mass is 16.4. The molecule has 5 nitrogen and oxygen atoms in total. The second-order valence-electron chi connectivity index (χ2n) is 2.42. The molecular weight excluding hydrogens is 158 g/mol. The molecule has 0 aromatic carbocycles. The van der Waals surface area contributed by atoms with Crippen LogP contribution in [0.4, 0.5) is 0 Å². The average Bonchev–Trinajstić information content (AvgIpc) is 2.14. The fourth-order valence-corrected chi connectivity index (χ4v) is 0.709. The van der Waals surface area contributed by atoms with Crippen LogP contribution in [0.1, 0.15) is 19.8 Å². The number of carboxylic acids is 1. The number of carbonyl (C=O) groups is 1. The lowest BCUT2D eigenvalue weighted by atomic mass is 10.3. The Morgan fingerprint density at radius 3 is 2.83 bits per heavy atom. The van der Waals surface area contributed by atoms with Gasteiger partial charge in [0, 0.05) is 20.0 Å². The molecule has 0 saturated carbocycles. The fraction of sp³-hybridized carbons (Fsp3) is 0.714. The van der Waals surface area contributed by atoms with Crippen LogP contribution in [0.3, 0.4) is 0 Å². The lowest BCUT2D eigenvalue weighted by molar-refractivity contribution is -0.134. The van der Waals surface area contributed by atoms with Crippen molar-refractivity contribution >= 4 is 11.9 Å². The molecule has 0 aromatic rings. The van der Waals surface area contributed by atoms with Gasteiger partial charge in [0.2, 0.25) is 0 Å². The van der Waals surface area contributed by atoms with Crippen molar-refractivity contribution in [1.29, 1.82) is 0 Å². The molecule has 0 unspecified atom stereocenters. The van der Waals surface area contributed by atoms with Crippen LogP contribution in [-0.2, 0) is 4.79 Å². The minimum absolute atomic E-state index is 0.600. The first-order valence-corrected chi connectivity index (χ1v) is 3.86. The summed E-state index contributed by atoms with van der Waals surface area (Å²) in [4.78, 5) is 13.0. The Labute approximate surface area is 71.7 Å². The van der Waals surface area contributed by atoms with Gasteiger partial charge in [0.25, 0.3) is 5.97 Å². The van der Waals surface area contributed by atoms with E-state index in [1.807, 2.05) is 0 Å². The van der Waals surface area contributed by atoms with Crippen molar-refractivity contribution < 1.29 is 9.90 Å². The van der Waals surface area contributed by atoms with Gasteiger partial charge < -0.3 is 16.2 Å². The molecule has 5 heteroatoms. The lowest BCUT2D eigenvalue weighted by Crippen LogP contribution is -2.30. The molecule has 0 aliphatic carbocycles. The zero-order chi connectivity index (χ0) is 9.40. The second kappa shape index (κ2) is 6.45. The first kappa shape index (κ1) is 10.7. The van der Waals surface area contributed by atoms with Crippen LogP contribution in [0, 0.1) is 0 Å². The summed E-state index contributed by atoms with van der Waals surface area (Å²) < 4.78 is 0. The van der Waals surface area contributed by atoms with E-state index in [1.165, 1.54) is 6.42 Å². The summed E-state index contributed by atoms with van der Waals surface area (Å²) in [6.07, 6.45) is 2.35. The summed E-state index contributed by atoms with van der Waals surface area (Å²) in [5.41, 5.74) is 5.37. The minimum atomic E-state index is -0.833. The molecule has 0 spiro atoms. The number of aliphatic imine (C=N–C) groups is 1. The van der Waals surface area contributed by atoms with Crippen LogP contribution < -0.4 is 11.1 Å². The average molecular weight is 173 g/mol. The third-order valence-corrected chi connectivity index (χ3v) is 1.17.